The van der Waals surface area contributed by atoms with Crippen LogP contribution >= 0.6 is 0 Å². The highest BCUT2D eigenvalue weighted by Crippen LogP contribution is 2.16. The maximum absolute atomic E-state index is 10.7. The maximum atomic E-state index is 10.7. The van der Waals surface area contributed by atoms with Gasteiger partial charge < -0.3 is 10.1 Å². The molecule has 1 heterocycles. The largest absolute Gasteiger partial charge is 0.481 e. The van der Waals surface area contributed by atoms with Crippen LogP contribution in [-0.4, -0.2) is 16.1 Å². The van der Waals surface area contributed by atoms with Crippen LogP contribution in [0.15, 0.2) is 30.5 Å². The van der Waals surface area contributed by atoms with E-state index < -0.39 is 5.97 Å². The molecule has 0 spiro atoms. The van der Waals surface area contributed by atoms with Crippen molar-refractivity contribution in [2.24, 2.45) is 5.92 Å². The summed E-state index contributed by atoms with van der Waals surface area (Å²) in [4.78, 5) is 13.8. The van der Waals surface area contributed by atoms with Crippen molar-refractivity contribution in [2.75, 3.05) is 0 Å². The number of nitrogens with one attached hydrogen (secondary N) is 1. The average Bonchev–Trinajstić information content (AvgIpc) is 2.72. The summed E-state index contributed by atoms with van der Waals surface area (Å²) in [6, 6.07) is 8.24. The number of rotatable bonds is 4. The van der Waals surface area contributed by atoms with Gasteiger partial charge in [0.2, 0.25) is 0 Å². The molecular formula is C13H15NO2. The van der Waals surface area contributed by atoms with Crippen LogP contribution in [0.5, 0.6) is 0 Å². The summed E-state index contributed by atoms with van der Waals surface area (Å²) in [5, 5.41) is 9.98. The predicted octanol–water partition coefficient (Wildman–Crippen LogP) is 2.82. The monoisotopic (exact) mass is 217 g/mol. The van der Waals surface area contributed by atoms with Gasteiger partial charge in [-0.1, -0.05) is 19.1 Å². The standard InChI is InChI=1S/C13H15NO2/c1-9(13(15)16)2-3-10-4-5-11-6-7-14-12(11)8-10/h4-9,14H,2-3H2,1H3,(H,15,16). The first-order chi connectivity index (χ1) is 7.66. The Morgan fingerprint density at radius 3 is 3.00 bits per heavy atom. The van der Waals surface area contributed by atoms with E-state index in [0.29, 0.717) is 6.42 Å². The molecule has 0 amide bonds. The maximum Gasteiger partial charge on any atom is 0.306 e. The lowest BCUT2D eigenvalue weighted by molar-refractivity contribution is -0.141. The van der Waals surface area contributed by atoms with Crippen molar-refractivity contribution in [1.82, 2.24) is 4.98 Å². The Bertz CT molecular complexity index is 501. The average molecular weight is 217 g/mol. The SMILES string of the molecule is CC(CCc1ccc2cc[nH]c2c1)C(=O)O. The molecule has 84 valence electrons. The number of hydrogen-bond acceptors (Lipinski definition) is 1. The zero-order chi connectivity index (χ0) is 11.5. The quantitative estimate of drug-likeness (QED) is 0.827. The first kappa shape index (κ1) is 10.7. The van der Waals surface area contributed by atoms with Crippen LogP contribution in [-0.2, 0) is 11.2 Å². The summed E-state index contributed by atoms with van der Waals surface area (Å²) < 4.78 is 0. The first-order valence-corrected chi connectivity index (χ1v) is 5.45. The van der Waals surface area contributed by atoms with Crippen LogP contribution < -0.4 is 0 Å². The van der Waals surface area contributed by atoms with E-state index >= 15 is 0 Å². The molecule has 0 radical (unpaired) electrons. The second kappa shape index (κ2) is 4.39. The molecule has 0 aliphatic carbocycles. The number of fused-ring (bicyclic) bond motifs is 1. The van der Waals surface area contributed by atoms with Gasteiger partial charge in [-0.15, -0.1) is 0 Å². The van der Waals surface area contributed by atoms with Crippen LogP contribution in [0.3, 0.4) is 0 Å². The normalized spacial score (nSPS) is 12.8. The van der Waals surface area contributed by atoms with E-state index in [1.165, 1.54) is 10.9 Å². The van der Waals surface area contributed by atoms with Crippen molar-refractivity contribution in [3.63, 3.8) is 0 Å². The van der Waals surface area contributed by atoms with Gasteiger partial charge in [0.1, 0.15) is 0 Å². The molecule has 1 aromatic carbocycles. The third kappa shape index (κ3) is 2.24. The summed E-state index contributed by atoms with van der Waals surface area (Å²) in [5.41, 5.74) is 2.29. The Hall–Kier alpha value is -1.77. The molecule has 2 aromatic rings. The second-order valence-electron chi connectivity index (χ2n) is 4.18. The van der Waals surface area contributed by atoms with Gasteiger partial charge in [-0.05, 0) is 35.9 Å². The highest BCUT2D eigenvalue weighted by atomic mass is 16.4. The van der Waals surface area contributed by atoms with Gasteiger partial charge >= 0.3 is 5.97 Å². The zero-order valence-corrected chi connectivity index (χ0v) is 9.23. The fourth-order valence-electron chi connectivity index (χ4n) is 1.76. The molecule has 3 heteroatoms. The van der Waals surface area contributed by atoms with Gasteiger partial charge in [0.25, 0.3) is 0 Å². The fraction of sp³-hybridized carbons (Fsp3) is 0.308. The summed E-state index contributed by atoms with van der Waals surface area (Å²) in [5.74, 6) is -1.000. The second-order valence-corrected chi connectivity index (χ2v) is 4.18. The molecule has 0 aliphatic heterocycles. The zero-order valence-electron chi connectivity index (χ0n) is 9.23. The van der Waals surface area contributed by atoms with Gasteiger partial charge in [0.15, 0.2) is 0 Å². The summed E-state index contributed by atoms with van der Waals surface area (Å²) in [6.45, 7) is 1.75. The van der Waals surface area contributed by atoms with Gasteiger partial charge in [-0.25, -0.2) is 0 Å². The number of aromatic nitrogens is 1. The molecule has 1 atom stereocenters. The van der Waals surface area contributed by atoms with Crippen molar-refractivity contribution >= 4 is 16.9 Å². The van der Waals surface area contributed by atoms with Gasteiger partial charge in [0.05, 0.1) is 5.92 Å². The van der Waals surface area contributed by atoms with Crippen LogP contribution in [0.25, 0.3) is 10.9 Å². The number of carboxylic acid groups (broad SMARTS) is 1. The number of aromatic amines is 1. The minimum absolute atomic E-state index is 0.278. The van der Waals surface area contributed by atoms with Gasteiger partial charge in [-0.2, -0.15) is 0 Å². The number of hydrogen-bond donors (Lipinski definition) is 2. The lowest BCUT2D eigenvalue weighted by atomic mass is 10.0. The van der Waals surface area contributed by atoms with E-state index in [9.17, 15) is 4.79 Å². The summed E-state index contributed by atoms with van der Waals surface area (Å²) in [7, 11) is 0. The highest BCUT2D eigenvalue weighted by molar-refractivity contribution is 5.79. The Labute approximate surface area is 94.1 Å². The molecule has 0 saturated carbocycles. The van der Waals surface area contributed by atoms with E-state index in [2.05, 4.69) is 23.2 Å². The molecule has 0 saturated heterocycles. The van der Waals surface area contributed by atoms with E-state index in [1.807, 2.05) is 12.3 Å². The van der Waals surface area contributed by atoms with Crippen molar-refractivity contribution < 1.29 is 9.90 Å². The lowest BCUT2D eigenvalue weighted by Gasteiger charge is -2.05. The summed E-state index contributed by atoms with van der Waals surface area (Å²) >= 11 is 0. The third-order valence-electron chi connectivity index (χ3n) is 2.91. The van der Waals surface area contributed by atoms with E-state index in [1.54, 1.807) is 6.92 Å². The number of carboxylic acids is 1. The van der Waals surface area contributed by atoms with Crippen molar-refractivity contribution in [2.45, 2.75) is 19.8 Å². The number of aryl methyl sites for hydroxylation is 1. The molecule has 0 aliphatic rings. The van der Waals surface area contributed by atoms with Crippen LogP contribution in [0, 0.1) is 5.92 Å². The lowest BCUT2D eigenvalue weighted by Crippen LogP contribution is -2.10. The van der Waals surface area contributed by atoms with Crippen molar-refractivity contribution in [1.29, 1.82) is 0 Å². The van der Waals surface area contributed by atoms with Crippen LogP contribution in [0.2, 0.25) is 0 Å². The molecule has 3 nitrogen and oxygen atoms in total. The van der Waals surface area contributed by atoms with Crippen LogP contribution in [0.1, 0.15) is 18.9 Å². The fourth-order valence-corrected chi connectivity index (χ4v) is 1.76. The molecule has 2 rings (SSSR count). The molecule has 16 heavy (non-hydrogen) atoms. The number of aliphatic carboxylic acids is 1. The van der Waals surface area contributed by atoms with E-state index in [0.717, 1.165) is 11.9 Å². The molecular weight excluding hydrogens is 202 g/mol. The van der Waals surface area contributed by atoms with E-state index in [4.69, 9.17) is 5.11 Å². The molecule has 0 fully saturated rings. The number of benzene rings is 1. The van der Waals surface area contributed by atoms with Crippen molar-refractivity contribution in [3.05, 3.63) is 36.0 Å². The van der Waals surface area contributed by atoms with Gasteiger partial charge in [0, 0.05) is 11.7 Å². The molecule has 2 N–H and O–H groups in total. The Morgan fingerprint density at radius 2 is 2.25 bits per heavy atom. The van der Waals surface area contributed by atoms with Gasteiger partial charge in [-0.3, -0.25) is 4.79 Å². The predicted molar refractivity (Wildman–Crippen MR) is 63.4 cm³/mol. The molecule has 0 bridgehead atoms. The van der Waals surface area contributed by atoms with Crippen molar-refractivity contribution in [3.8, 4) is 0 Å². The number of H-pyrrole nitrogens is 1. The highest BCUT2D eigenvalue weighted by Gasteiger charge is 2.10. The molecule has 1 aromatic heterocycles. The number of carbonyl (C=O) groups is 1. The topological polar surface area (TPSA) is 53.1 Å². The first-order valence-electron chi connectivity index (χ1n) is 5.45. The molecule has 1 unspecified atom stereocenters. The minimum Gasteiger partial charge on any atom is -0.481 e. The van der Waals surface area contributed by atoms with Crippen LogP contribution in [0.4, 0.5) is 0 Å². The smallest absolute Gasteiger partial charge is 0.306 e. The Balaban J connectivity index is 2.06. The summed E-state index contributed by atoms with van der Waals surface area (Å²) in [6.07, 6.45) is 3.40. The Morgan fingerprint density at radius 1 is 1.44 bits per heavy atom. The third-order valence-corrected chi connectivity index (χ3v) is 2.91. The minimum atomic E-state index is -0.721. The van der Waals surface area contributed by atoms with E-state index in [-0.39, 0.29) is 5.92 Å². The Kier molecular flexibility index (Phi) is 2.95.